The van der Waals surface area contributed by atoms with E-state index in [1.807, 2.05) is 20.0 Å². The number of carbonyl (C=O) groups excluding carboxylic acids is 1. The van der Waals surface area contributed by atoms with Crippen molar-refractivity contribution in [2.75, 3.05) is 6.54 Å². The molecule has 2 aromatic rings. The number of aryl methyl sites for hydroxylation is 3. The van der Waals surface area contributed by atoms with Gasteiger partial charge in [-0.25, -0.2) is 4.98 Å². The van der Waals surface area contributed by atoms with Crippen LogP contribution in [0.15, 0.2) is 11.7 Å². The Morgan fingerprint density at radius 3 is 2.94 bits per heavy atom. The summed E-state index contributed by atoms with van der Waals surface area (Å²) in [5.74, 6) is -0.0288. The molecule has 0 atom stereocenters. The molecule has 2 heterocycles. The Morgan fingerprint density at radius 1 is 1.50 bits per heavy atom. The number of hydrogen-bond acceptors (Lipinski definition) is 4. The summed E-state index contributed by atoms with van der Waals surface area (Å²) in [6.45, 7) is 4.52. The highest BCUT2D eigenvalue weighted by molar-refractivity contribution is 7.11. The van der Waals surface area contributed by atoms with E-state index in [1.54, 1.807) is 5.51 Å². The second-order valence-corrected chi connectivity index (χ2v) is 5.00. The van der Waals surface area contributed by atoms with Crippen LogP contribution in [-0.4, -0.2) is 27.6 Å². The average Bonchev–Trinajstić information content (AvgIpc) is 2.94. The first kappa shape index (κ1) is 12.8. The molecule has 0 radical (unpaired) electrons. The fraction of sp³-hybridized carbons (Fsp3) is 0.417. The molecule has 0 aliphatic heterocycles. The maximum Gasteiger partial charge on any atom is 0.263 e. The molecule has 96 valence electrons. The van der Waals surface area contributed by atoms with E-state index in [2.05, 4.69) is 20.5 Å². The van der Waals surface area contributed by atoms with Crippen LogP contribution in [0.5, 0.6) is 0 Å². The summed E-state index contributed by atoms with van der Waals surface area (Å²) in [5.41, 5.74) is 4.79. The number of carbonyl (C=O) groups is 1. The first-order valence-electron chi connectivity index (χ1n) is 5.85. The van der Waals surface area contributed by atoms with E-state index in [9.17, 15) is 4.79 Å². The molecule has 2 N–H and O–H groups in total. The third-order valence-electron chi connectivity index (χ3n) is 2.79. The number of hydrogen-bond donors (Lipinski definition) is 2. The molecule has 0 saturated heterocycles. The van der Waals surface area contributed by atoms with Crippen LogP contribution >= 0.6 is 11.3 Å². The van der Waals surface area contributed by atoms with Gasteiger partial charge >= 0.3 is 0 Å². The van der Waals surface area contributed by atoms with Crippen LogP contribution in [0.1, 0.15) is 33.0 Å². The molecule has 5 nitrogen and oxygen atoms in total. The molecule has 1 amide bonds. The summed E-state index contributed by atoms with van der Waals surface area (Å²) in [4.78, 5) is 16.6. The Balaban J connectivity index is 1.75. The fourth-order valence-electron chi connectivity index (χ4n) is 1.71. The van der Waals surface area contributed by atoms with Crippen molar-refractivity contribution in [3.63, 3.8) is 0 Å². The van der Waals surface area contributed by atoms with Crippen molar-refractivity contribution < 1.29 is 4.79 Å². The average molecular weight is 264 g/mol. The highest BCUT2D eigenvalue weighted by Crippen LogP contribution is 2.11. The van der Waals surface area contributed by atoms with Gasteiger partial charge in [0.1, 0.15) is 4.88 Å². The van der Waals surface area contributed by atoms with Gasteiger partial charge in [-0.2, -0.15) is 5.10 Å². The van der Waals surface area contributed by atoms with Crippen molar-refractivity contribution in [2.45, 2.75) is 26.7 Å². The van der Waals surface area contributed by atoms with Crippen LogP contribution in [0.25, 0.3) is 0 Å². The number of thiazole rings is 1. The molecule has 0 bridgehead atoms. The molecular weight excluding hydrogens is 248 g/mol. The number of nitrogens with one attached hydrogen (secondary N) is 2. The lowest BCUT2D eigenvalue weighted by Gasteiger charge is -2.03. The molecule has 0 saturated carbocycles. The molecule has 2 aromatic heterocycles. The molecule has 0 fully saturated rings. The standard InChI is InChI=1S/C12H16N4OS/c1-8-10(6-15-16-8)4-3-5-13-12(17)11-9(2)14-7-18-11/h6-7H,3-5H2,1-2H3,(H,13,17)(H,15,16). The van der Waals surface area contributed by atoms with E-state index in [-0.39, 0.29) is 5.91 Å². The van der Waals surface area contributed by atoms with Crippen molar-refractivity contribution in [3.8, 4) is 0 Å². The quantitative estimate of drug-likeness (QED) is 0.810. The van der Waals surface area contributed by atoms with Gasteiger partial charge in [0.15, 0.2) is 0 Å². The molecule has 0 aliphatic carbocycles. The molecule has 0 spiro atoms. The highest BCUT2D eigenvalue weighted by Gasteiger charge is 2.10. The van der Waals surface area contributed by atoms with Gasteiger partial charge in [-0.05, 0) is 32.3 Å². The Hall–Kier alpha value is -1.69. The number of aromatic nitrogens is 3. The van der Waals surface area contributed by atoms with Crippen LogP contribution in [0.3, 0.4) is 0 Å². The Labute approximate surface area is 110 Å². The minimum Gasteiger partial charge on any atom is -0.351 e. The predicted octanol–water partition coefficient (Wildman–Crippen LogP) is 1.85. The first-order chi connectivity index (χ1) is 8.68. The number of amides is 1. The van der Waals surface area contributed by atoms with Crippen molar-refractivity contribution >= 4 is 17.2 Å². The smallest absolute Gasteiger partial charge is 0.263 e. The van der Waals surface area contributed by atoms with Crippen molar-refractivity contribution in [1.82, 2.24) is 20.5 Å². The van der Waals surface area contributed by atoms with Gasteiger partial charge in [0.05, 0.1) is 17.4 Å². The predicted molar refractivity (Wildman–Crippen MR) is 70.8 cm³/mol. The summed E-state index contributed by atoms with van der Waals surface area (Å²) in [7, 11) is 0. The zero-order valence-corrected chi connectivity index (χ0v) is 11.3. The molecule has 0 aromatic carbocycles. The number of aromatic amines is 1. The Morgan fingerprint density at radius 2 is 2.33 bits per heavy atom. The van der Waals surface area contributed by atoms with Crippen molar-refractivity contribution in [2.24, 2.45) is 0 Å². The van der Waals surface area contributed by atoms with Gasteiger partial charge in [0.25, 0.3) is 5.91 Å². The monoisotopic (exact) mass is 264 g/mol. The minimum absolute atomic E-state index is 0.0288. The first-order valence-corrected chi connectivity index (χ1v) is 6.73. The molecule has 6 heteroatoms. The SMILES string of the molecule is Cc1ncsc1C(=O)NCCCc1cn[nH]c1C. The van der Waals surface area contributed by atoms with Crippen molar-refractivity contribution in [3.05, 3.63) is 33.5 Å². The zero-order valence-electron chi connectivity index (χ0n) is 10.5. The Kier molecular flexibility index (Phi) is 4.09. The summed E-state index contributed by atoms with van der Waals surface area (Å²) in [6, 6.07) is 0. The van der Waals surface area contributed by atoms with Gasteiger partial charge in [0.2, 0.25) is 0 Å². The molecule has 0 unspecified atom stereocenters. The molecule has 0 aliphatic rings. The second kappa shape index (κ2) is 5.77. The van der Waals surface area contributed by atoms with Gasteiger partial charge in [-0.3, -0.25) is 9.89 Å². The molecule has 18 heavy (non-hydrogen) atoms. The maximum atomic E-state index is 11.8. The molecular formula is C12H16N4OS. The van der Waals surface area contributed by atoms with Crippen LogP contribution in [0, 0.1) is 13.8 Å². The van der Waals surface area contributed by atoms with Gasteiger partial charge in [0, 0.05) is 12.2 Å². The summed E-state index contributed by atoms with van der Waals surface area (Å²) in [6.07, 6.45) is 3.67. The lowest BCUT2D eigenvalue weighted by Crippen LogP contribution is -2.24. The van der Waals surface area contributed by atoms with E-state index < -0.39 is 0 Å². The van der Waals surface area contributed by atoms with Gasteiger partial charge < -0.3 is 5.32 Å². The highest BCUT2D eigenvalue weighted by atomic mass is 32.1. The third kappa shape index (κ3) is 2.95. The van der Waals surface area contributed by atoms with Gasteiger partial charge in [-0.15, -0.1) is 11.3 Å². The lowest BCUT2D eigenvalue weighted by molar-refractivity contribution is 0.0956. The van der Waals surface area contributed by atoms with E-state index in [4.69, 9.17) is 0 Å². The second-order valence-electron chi connectivity index (χ2n) is 4.15. The van der Waals surface area contributed by atoms with Crippen molar-refractivity contribution in [1.29, 1.82) is 0 Å². The summed E-state index contributed by atoms with van der Waals surface area (Å²) >= 11 is 1.38. The zero-order chi connectivity index (χ0) is 13.0. The van der Waals surface area contributed by atoms with Crippen LogP contribution in [0.4, 0.5) is 0 Å². The fourth-order valence-corrected chi connectivity index (χ4v) is 2.43. The van der Waals surface area contributed by atoms with Crippen LogP contribution < -0.4 is 5.32 Å². The topological polar surface area (TPSA) is 70.7 Å². The number of H-pyrrole nitrogens is 1. The summed E-state index contributed by atoms with van der Waals surface area (Å²) < 4.78 is 0. The summed E-state index contributed by atoms with van der Waals surface area (Å²) in [5, 5.41) is 9.78. The number of nitrogens with zero attached hydrogens (tertiary/aromatic N) is 2. The third-order valence-corrected chi connectivity index (χ3v) is 3.72. The molecule has 2 rings (SSSR count). The largest absolute Gasteiger partial charge is 0.351 e. The Bertz CT molecular complexity index is 532. The number of rotatable bonds is 5. The van der Waals surface area contributed by atoms with Crippen LogP contribution in [0.2, 0.25) is 0 Å². The van der Waals surface area contributed by atoms with E-state index in [1.165, 1.54) is 16.9 Å². The van der Waals surface area contributed by atoms with E-state index >= 15 is 0 Å². The lowest BCUT2D eigenvalue weighted by atomic mass is 10.1. The van der Waals surface area contributed by atoms with E-state index in [0.29, 0.717) is 11.4 Å². The maximum absolute atomic E-state index is 11.8. The van der Waals surface area contributed by atoms with E-state index in [0.717, 1.165) is 24.2 Å². The normalized spacial score (nSPS) is 10.6. The minimum atomic E-state index is -0.0288. The van der Waals surface area contributed by atoms with Crippen LogP contribution in [-0.2, 0) is 6.42 Å². The van der Waals surface area contributed by atoms with Gasteiger partial charge in [-0.1, -0.05) is 0 Å².